The van der Waals surface area contributed by atoms with Crippen LogP contribution in [0.2, 0.25) is 0 Å². The smallest absolute Gasteiger partial charge is 0.254 e. The van der Waals surface area contributed by atoms with E-state index in [1.54, 1.807) is 35.4 Å². The number of aromatic nitrogens is 5. The molecule has 0 saturated carbocycles. The first-order valence-electron chi connectivity index (χ1n) is 9.17. The quantitative estimate of drug-likeness (QED) is 0.683. The highest BCUT2D eigenvalue weighted by molar-refractivity contribution is 5.95. The number of hydrogen-bond donors (Lipinski definition) is 0. The Labute approximate surface area is 160 Å². The largest absolute Gasteiger partial charge is 0.454 e. The summed E-state index contributed by atoms with van der Waals surface area (Å²) in [4.78, 5) is 20.5. The van der Waals surface area contributed by atoms with Gasteiger partial charge >= 0.3 is 0 Å². The van der Waals surface area contributed by atoms with Gasteiger partial charge in [-0.05, 0) is 48.4 Å². The molecule has 0 unspecified atom stereocenters. The first-order valence-corrected chi connectivity index (χ1v) is 9.17. The van der Waals surface area contributed by atoms with Gasteiger partial charge in [-0.3, -0.25) is 9.78 Å². The molecule has 1 amide bonds. The maximum atomic E-state index is 13.0. The summed E-state index contributed by atoms with van der Waals surface area (Å²) in [5.41, 5.74) is 1.46. The van der Waals surface area contributed by atoms with Gasteiger partial charge in [-0.2, -0.15) is 4.80 Å². The molecule has 1 fully saturated rings. The van der Waals surface area contributed by atoms with Crippen molar-refractivity contribution >= 4 is 5.91 Å². The number of fused-ring (bicyclic) bond motifs is 1. The van der Waals surface area contributed by atoms with Crippen molar-refractivity contribution in [1.29, 1.82) is 0 Å². The average molecular weight is 378 g/mol. The van der Waals surface area contributed by atoms with Crippen molar-refractivity contribution in [1.82, 2.24) is 30.1 Å². The predicted octanol–water partition coefficient (Wildman–Crippen LogP) is 1.77. The summed E-state index contributed by atoms with van der Waals surface area (Å²) in [6.07, 6.45) is 5.24. The maximum Gasteiger partial charge on any atom is 0.254 e. The van der Waals surface area contributed by atoms with Crippen LogP contribution in [0, 0.1) is 0 Å². The Balaban J connectivity index is 1.32. The minimum atomic E-state index is -0.0183. The lowest BCUT2D eigenvalue weighted by atomic mass is 10.1. The van der Waals surface area contributed by atoms with Gasteiger partial charge in [-0.1, -0.05) is 0 Å². The third-order valence-corrected chi connectivity index (χ3v) is 5.02. The summed E-state index contributed by atoms with van der Waals surface area (Å²) in [7, 11) is 0. The average Bonchev–Trinajstić information content (AvgIpc) is 3.48. The van der Waals surface area contributed by atoms with Crippen LogP contribution >= 0.6 is 0 Å². The normalized spacial score (nSPS) is 17.9. The van der Waals surface area contributed by atoms with Gasteiger partial charge in [0.05, 0.1) is 12.6 Å². The van der Waals surface area contributed by atoms with Crippen LogP contribution < -0.4 is 9.47 Å². The Bertz CT molecular complexity index is 1010. The van der Waals surface area contributed by atoms with E-state index >= 15 is 0 Å². The summed E-state index contributed by atoms with van der Waals surface area (Å²) < 4.78 is 10.7. The summed E-state index contributed by atoms with van der Waals surface area (Å²) in [6, 6.07) is 9.01. The number of tetrazole rings is 1. The van der Waals surface area contributed by atoms with Gasteiger partial charge in [-0.15, -0.1) is 10.2 Å². The van der Waals surface area contributed by atoms with E-state index in [2.05, 4.69) is 20.4 Å². The van der Waals surface area contributed by atoms with Gasteiger partial charge in [0.25, 0.3) is 5.91 Å². The molecule has 4 heterocycles. The summed E-state index contributed by atoms with van der Waals surface area (Å²) in [5.74, 6) is 1.82. The van der Waals surface area contributed by atoms with Crippen molar-refractivity contribution in [2.45, 2.75) is 25.4 Å². The van der Waals surface area contributed by atoms with E-state index in [9.17, 15) is 4.79 Å². The van der Waals surface area contributed by atoms with Crippen LogP contribution in [-0.4, -0.2) is 55.4 Å². The Hall–Kier alpha value is -3.49. The number of benzene rings is 1. The lowest BCUT2D eigenvalue weighted by Gasteiger charge is -2.24. The van der Waals surface area contributed by atoms with Gasteiger partial charge in [0.1, 0.15) is 0 Å². The lowest BCUT2D eigenvalue weighted by Crippen LogP contribution is -2.38. The molecule has 9 heteroatoms. The van der Waals surface area contributed by atoms with Crippen LogP contribution in [0.5, 0.6) is 11.5 Å². The number of nitrogens with zero attached hydrogens (tertiary/aromatic N) is 6. The van der Waals surface area contributed by atoms with Crippen molar-refractivity contribution in [2.24, 2.45) is 0 Å². The summed E-state index contributed by atoms with van der Waals surface area (Å²) in [6.45, 7) is 1.41. The van der Waals surface area contributed by atoms with Crippen LogP contribution in [0.4, 0.5) is 0 Å². The van der Waals surface area contributed by atoms with E-state index in [0.29, 0.717) is 36.0 Å². The number of amides is 1. The monoisotopic (exact) mass is 378 g/mol. The minimum absolute atomic E-state index is 0.0183. The van der Waals surface area contributed by atoms with E-state index in [0.717, 1.165) is 18.4 Å². The Morgan fingerprint density at radius 1 is 1.14 bits per heavy atom. The van der Waals surface area contributed by atoms with E-state index < -0.39 is 0 Å². The van der Waals surface area contributed by atoms with Crippen LogP contribution in [0.1, 0.15) is 23.2 Å². The van der Waals surface area contributed by atoms with Crippen molar-refractivity contribution in [2.75, 3.05) is 13.3 Å². The van der Waals surface area contributed by atoms with E-state index in [4.69, 9.17) is 9.47 Å². The zero-order valence-electron chi connectivity index (χ0n) is 15.1. The van der Waals surface area contributed by atoms with Gasteiger partial charge in [0.15, 0.2) is 11.5 Å². The number of ether oxygens (including phenoxy) is 2. The fourth-order valence-corrected chi connectivity index (χ4v) is 3.61. The zero-order valence-corrected chi connectivity index (χ0v) is 15.1. The topological polar surface area (TPSA) is 95.3 Å². The minimum Gasteiger partial charge on any atom is -0.454 e. The zero-order chi connectivity index (χ0) is 18.9. The standard InChI is InChI=1S/C19H18N6O3/c26-19(14-3-4-16-17(10-14)28-12-27-16)24-9-1-2-15(24)11-25-22-18(21-23-25)13-5-7-20-8-6-13/h3-8,10,15H,1-2,9,11-12H2/t15-/m1/s1. The molecule has 0 bridgehead atoms. The molecule has 5 rings (SSSR count). The number of rotatable bonds is 4. The molecule has 3 aromatic rings. The predicted molar refractivity (Wildman–Crippen MR) is 97.7 cm³/mol. The van der Waals surface area contributed by atoms with Gasteiger partial charge in [-0.25, -0.2) is 0 Å². The Kier molecular flexibility index (Phi) is 4.12. The molecule has 2 aromatic heterocycles. The SMILES string of the molecule is O=C(c1ccc2c(c1)OCO2)N1CCC[C@@H]1Cn1nnc(-c2ccncc2)n1. The van der Waals surface area contributed by atoms with Crippen molar-refractivity contribution in [3.8, 4) is 22.9 Å². The lowest BCUT2D eigenvalue weighted by molar-refractivity contribution is 0.0717. The number of carbonyl (C=O) groups is 1. The number of pyridine rings is 1. The molecule has 0 aliphatic carbocycles. The van der Waals surface area contributed by atoms with Crippen LogP contribution in [-0.2, 0) is 6.54 Å². The second kappa shape index (κ2) is 6.91. The highest BCUT2D eigenvalue weighted by atomic mass is 16.7. The molecule has 0 N–H and O–H groups in total. The van der Waals surface area contributed by atoms with E-state index in [1.165, 1.54) is 0 Å². The molecule has 1 aromatic carbocycles. The number of likely N-dealkylation sites (tertiary alicyclic amines) is 1. The van der Waals surface area contributed by atoms with Crippen molar-refractivity contribution < 1.29 is 14.3 Å². The first-order chi connectivity index (χ1) is 13.8. The molecule has 0 spiro atoms. The molecular weight excluding hydrogens is 360 g/mol. The number of carbonyl (C=O) groups excluding carboxylic acids is 1. The molecule has 28 heavy (non-hydrogen) atoms. The van der Waals surface area contributed by atoms with Gasteiger partial charge in [0.2, 0.25) is 12.6 Å². The number of hydrogen-bond acceptors (Lipinski definition) is 7. The molecule has 9 nitrogen and oxygen atoms in total. The molecule has 142 valence electrons. The Morgan fingerprint density at radius 3 is 2.89 bits per heavy atom. The summed E-state index contributed by atoms with van der Waals surface area (Å²) >= 11 is 0. The molecule has 2 aliphatic rings. The van der Waals surface area contributed by atoms with Gasteiger partial charge < -0.3 is 14.4 Å². The highest BCUT2D eigenvalue weighted by Gasteiger charge is 2.31. The van der Waals surface area contributed by atoms with Crippen LogP contribution in [0.25, 0.3) is 11.4 Å². The van der Waals surface area contributed by atoms with Crippen molar-refractivity contribution in [3.63, 3.8) is 0 Å². The van der Waals surface area contributed by atoms with Crippen molar-refractivity contribution in [3.05, 3.63) is 48.3 Å². The van der Waals surface area contributed by atoms with E-state index in [-0.39, 0.29) is 18.7 Å². The second-order valence-electron chi connectivity index (χ2n) is 6.77. The molecule has 0 radical (unpaired) electrons. The third-order valence-electron chi connectivity index (χ3n) is 5.02. The Morgan fingerprint density at radius 2 is 2.00 bits per heavy atom. The van der Waals surface area contributed by atoms with Crippen LogP contribution in [0.3, 0.4) is 0 Å². The fraction of sp³-hybridized carbons (Fsp3) is 0.316. The molecule has 2 aliphatic heterocycles. The molecule has 1 atom stereocenters. The third kappa shape index (κ3) is 3.04. The second-order valence-corrected chi connectivity index (χ2v) is 6.77. The molecular formula is C19H18N6O3. The fourth-order valence-electron chi connectivity index (χ4n) is 3.61. The maximum absolute atomic E-state index is 13.0. The van der Waals surface area contributed by atoms with Crippen LogP contribution in [0.15, 0.2) is 42.7 Å². The van der Waals surface area contributed by atoms with Gasteiger partial charge in [0, 0.05) is 30.1 Å². The first kappa shape index (κ1) is 16.7. The molecule has 1 saturated heterocycles. The summed E-state index contributed by atoms with van der Waals surface area (Å²) in [5, 5.41) is 12.7. The van der Waals surface area contributed by atoms with E-state index in [1.807, 2.05) is 17.0 Å². The highest BCUT2D eigenvalue weighted by Crippen LogP contribution is 2.33.